The van der Waals surface area contributed by atoms with Gasteiger partial charge in [0.25, 0.3) is 0 Å². The van der Waals surface area contributed by atoms with Gasteiger partial charge in [0.1, 0.15) is 0 Å². The van der Waals surface area contributed by atoms with Crippen molar-refractivity contribution in [2.24, 2.45) is 9.98 Å². The van der Waals surface area contributed by atoms with Crippen molar-refractivity contribution in [3.05, 3.63) is 29.8 Å². The van der Waals surface area contributed by atoms with Crippen LogP contribution >= 0.6 is 0 Å². The van der Waals surface area contributed by atoms with Gasteiger partial charge in [-0.3, -0.25) is 0 Å². The van der Waals surface area contributed by atoms with Crippen LogP contribution in [0, 0.1) is 11.3 Å². The summed E-state index contributed by atoms with van der Waals surface area (Å²) in [5.74, 6) is 0. The topological polar surface area (TPSA) is 57.7 Å². The van der Waals surface area contributed by atoms with Crippen molar-refractivity contribution >= 4 is 11.7 Å². The maximum Gasteiger partial charge on any atom is 0.0992 e. The van der Waals surface area contributed by atoms with Crippen LogP contribution in [0.2, 0.25) is 0 Å². The van der Waals surface area contributed by atoms with E-state index in [0.717, 1.165) is 0 Å². The maximum atomic E-state index is 8.65. The third kappa shape index (κ3) is 4.19. The highest BCUT2D eigenvalue weighted by Gasteiger charge is 1.90. The van der Waals surface area contributed by atoms with Crippen molar-refractivity contribution in [2.75, 3.05) is 20.3 Å². The SMILES string of the molecule is COCCN=C=Nc1cccc(C#N)c1. The van der Waals surface area contributed by atoms with Gasteiger partial charge in [0.15, 0.2) is 0 Å². The molecule has 0 N–H and O–H groups in total. The van der Waals surface area contributed by atoms with Crippen LogP contribution in [0.4, 0.5) is 5.69 Å². The van der Waals surface area contributed by atoms with Crippen molar-refractivity contribution in [3.63, 3.8) is 0 Å². The molecular weight excluding hydrogens is 190 g/mol. The summed E-state index contributed by atoms with van der Waals surface area (Å²) in [4.78, 5) is 7.85. The highest BCUT2D eigenvalue weighted by atomic mass is 16.5. The Bertz CT molecular complexity index is 414. The largest absolute Gasteiger partial charge is 0.383 e. The molecule has 1 aromatic rings. The molecule has 0 heterocycles. The Balaban J connectivity index is 2.64. The third-order valence-electron chi connectivity index (χ3n) is 1.63. The van der Waals surface area contributed by atoms with E-state index in [1.54, 1.807) is 31.4 Å². The first kappa shape index (κ1) is 11.1. The normalized spacial score (nSPS) is 8.80. The van der Waals surface area contributed by atoms with Crippen LogP contribution in [-0.2, 0) is 4.74 Å². The number of benzene rings is 1. The van der Waals surface area contributed by atoms with Crippen LogP contribution < -0.4 is 0 Å². The second-order valence-corrected chi connectivity index (χ2v) is 2.75. The number of ether oxygens (including phenoxy) is 1. The molecule has 0 atom stereocenters. The Kier molecular flexibility index (Phi) is 4.82. The molecule has 1 rings (SSSR count). The van der Waals surface area contributed by atoms with Gasteiger partial charge < -0.3 is 4.74 Å². The van der Waals surface area contributed by atoms with Gasteiger partial charge in [0, 0.05) is 7.11 Å². The number of methoxy groups -OCH3 is 1. The molecule has 4 nitrogen and oxygen atoms in total. The van der Waals surface area contributed by atoms with E-state index in [0.29, 0.717) is 24.4 Å². The Morgan fingerprint density at radius 2 is 2.33 bits per heavy atom. The number of hydrogen-bond donors (Lipinski definition) is 0. The summed E-state index contributed by atoms with van der Waals surface area (Å²) in [6.07, 6.45) is 0. The quantitative estimate of drug-likeness (QED) is 0.552. The van der Waals surface area contributed by atoms with Gasteiger partial charge in [0.2, 0.25) is 0 Å². The van der Waals surface area contributed by atoms with E-state index in [1.807, 2.05) is 6.07 Å². The average Bonchev–Trinajstić information content (AvgIpc) is 2.29. The lowest BCUT2D eigenvalue weighted by Crippen LogP contribution is -1.90. The molecule has 76 valence electrons. The minimum atomic E-state index is 0.540. The van der Waals surface area contributed by atoms with Crippen LogP contribution in [0.5, 0.6) is 0 Å². The minimum Gasteiger partial charge on any atom is -0.383 e. The van der Waals surface area contributed by atoms with Crippen LogP contribution in [0.25, 0.3) is 0 Å². The fourth-order valence-electron chi connectivity index (χ4n) is 0.925. The Labute approximate surface area is 88.6 Å². The molecule has 0 spiro atoms. The Hall–Kier alpha value is -1.95. The van der Waals surface area contributed by atoms with Gasteiger partial charge in [-0.2, -0.15) is 10.3 Å². The van der Waals surface area contributed by atoms with Crippen LogP contribution in [0.1, 0.15) is 5.56 Å². The summed E-state index contributed by atoms with van der Waals surface area (Å²) in [6.45, 7) is 1.10. The van der Waals surface area contributed by atoms with E-state index >= 15 is 0 Å². The zero-order chi connectivity index (χ0) is 10.9. The second kappa shape index (κ2) is 6.50. The summed E-state index contributed by atoms with van der Waals surface area (Å²) in [6, 6.07) is 11.6. The summed E-state index contributed by atoms with van der Waals surface area (Å²) in [5, 5.41) is 8.65. The molecule has 0 saturated heterocycles. The van der Waals surface area contributed by atoms with Crippen LogP contribution in [0.15, 0.2) is 34.3 Å². The molecule has 0 amide bonds. The minimum absolute atomic E-state index is 0.540. The van der Waals surface area contributed by atoms with Crippen molar-refractivity contribution < 1.29 is 4.74 Å². The number of hydrogen-bond acceptors (Lipinski definition) is 4. The highest BCUT2D eigenvalue weighted by molar-refractivity contribution is 5.54. The van der Waals surface area contributed by atoms with E-state index in [-0.39, 0.29) is 0 Å². The van der Waals surface area contributed by atoms with Gasteiger partial charge >= 0.3 is 0 Å². The molecule has 0 aromatic heterocycles. The molecule has 1 aromatic carbocycles. The molecule has 0 radical (unpaired) electrons. The summed E-state index contributed by atoms with van der Waals surface area (Å²) >= 11 is 0. The van der Waals surface area contributed by atoms with Crippen LogP contribution in [-0.4, -0.2) is 26.3 Å². The van der Waals surface area contributed by atoms with E-state index < -0.39 is 0 Å². The predicted molar refractivity (Wildman–Crippen MR) is 57.4 cm³/mol. The van der Waals surface area contributed by atoms with Gasteiger partial charge in [0.05, 0.1) is 36.5 Å². The van der Waals surface area contributed by atoms with Crippen molar-refractivity contribution in [1.82, 2.24) is 0 Å². The standard InChI is InChI=1S/C11H11N3O/c1-15-6-5-13-9-14-11-4-2-3-10(7-11)8-12/h2-4,7H,5-6H2,1H3. The monoisotopic (exact) mass is 201 g/mol. The van der Waals surface area contributed by atoms with Crippen molar-refractivity contribution in [2.45, 2.75) is 0 Å². The molecule has 0 unspecified atom stereocenters. The average molecular weight is 201 g/mol. The van der Waals surface area contributed by atoms with Gasteiger partial charge in [-0.15, -0.1) is 0 Å². The Morgan fingerprint density at radius 3 is 3.07 bits per heavy atom. The first-order valence-electron chi connectivity index (χ1n) is 4.48. The number of nitrogens with zero attached hydrogens (tertiary/aromatic N) is 3. The van der Waals surface area contributed by atoms with E-state index in [9.17, 15) is 0 Å². The lowest BCUT2D eigenvalue weighted by Gasteiger charge is -1.90. The molecule has 0 bridgehead atoms. The molecule has 0 fully saturated rings. The number of aliphatic imine (C=N–C) groups is 2. The zero-order valence-corrected chi connectivity index (χ0v) is 8.47. The highest BCUT2D eigenvalue weighted by Crippen LogP contribution is 2.11. The predicted octanol–water partition coefficient (Wildman–Crippen LogP) is 2.01. The van der Waals surface area contributed by atoms with E-state index in [2.05, 4.69) is 16.0 Å². The van der Waals surface area contributed by atoms with Crippen molar-refractivity contribution in [3.8, 4) is 6.07 Å². The smallest absolute Gasteiger partial charge is 0.0992 e. The first-order valence-corrected chi connectivity index (χ1v) is 4.48. The second-order valence-electron chi connectivity index (χ2n) is 2.75. The Morgan fingerprint density at radius 1 is 1.47 bits per heavy atom. The molecule has 4 heteroatoms. The van der Waals surface area contributed by atoms with Gasteiger partial charge in [-0.25, -0.2) is 4.99 Å². The van der Waals surface area contributed by atoms with Crippen molar-refractivity contribution in [1.29, 1.82) is 5.26 Å². The summed E-state index contributed by atoms with van der Waals surface area (Å²) in [5.41, 5.74) is 1.25. The number of rotatable bonds is 4. The molecule has 0 aliphatic heterocycles. The lowest BCUT2D eigenvalue weighted by atomic mass is 10.2. The molecule has 0 aliphatic rings. The fraction of sp³-hybridized carbons (Fsp3) is 0.273. The maximum absolute atomic E-state index is 8.65. The molecule has 0 saturated carbocycles. The zero-order valence-electron chi connectivity index (χ0n) is 8.47. The van der Waals surface area contributed by atoms with Crippen LogP contribution in [0.3, 0.4) is 0 Å². The fourth-order valence-corrected chi connectivity index (χ4v) is 0.925. The summed E-state index contributed by atoms with van der Waals surface area (Å²) in [7, 11) is 1.61. The molecule has 15 heavy (non-hydrogen) atoms. The van der Waals surface area contributed by atoms with Gasteiger partial charge in [-0.1, -0.05) is 6.07 Å². The first-order chi connectivity index (χ1) is 7.36. The van der Waals surface area contributed by atoms with E-state index in [1.165, 1.54) is 0 Å². The lowest BCUT2D eigenvalue weighted by molar-refractivity contribution is 0.208. The third-order valence-corrected chi connectivity index (χ3v) is 1.63. The number of nitriles is 1. The summed E-state index contributed by atoms with van der Waals surface area (Å²) < 4.78 is 4.81. The van der Waals surface area contributed by atoms with E-state index in [4.69, 9.17) is 10.00 Å². The molecular formula is C11H11N3O. The van der Waals surface area contributed by atoms with Gasteiger partial charge in [-0.05, 0) is 18.2 Å². The molecule has 0 aliphatic carbocycles.